The first-order valence-electron chi connectivity index (χ1n) is 10.7. The van der Waals surface area contributed by atoms with Crippen LogP contribution in [0.3, 0.4) is 0 Å². The van der Waals surface area contributed by atoms with Gasteiger partial charge in [-0.1, -0.05) is 65.4 Å². The van der Waals surface area contributed by atoms with Crippen LogP contribution in [-0.4, -0.2) is 10.2 Å². The second kappa shape index (κ2) is 8.30. The highest BCUT2D eigenvalue weighted by atomic mass is 35.5. The number of hydrogen-bond donors (Lipinski definition) is 1. The molecule has 3 aromatic heterocycles. The maximum atomic E-state index is 13.5. The van der Waals surface area contributed by atoms with Crippen LogP contribution >= 0.6 is 22.9 Å². The molecule has 170 valence electrons. The van der Waals surface area contributed by atoms with Crippen molar-refractivity contribution in [1.82, 2.24) is 10.2 Å². The van der Waals surface area contributed by atoms with Crippen LogP contribution in [0.1, 0.15) is 5.76 Å². The van der Waals surface area contributed by atoms with E-state index in [2.05, 4.69) is 10.2 Å². The van der Waals surface area contributed by atoms with Crippen molar-refractivity contribution in [2.75, 3.05) is 0 Å². The molecule has 3 aromatic carbocycles. The molecular formula is C27H16ClN3O3S. The zero-order valence-electron chi connectivity index (χ0n) is 18.3. The number of aryl methyl sites for hydroxylation is 1. The van der Waals surface area contributed by atoms with Crippen molar-refractivity contribution in [3.8, 4) is 32.3 Å². The summed E-state index contributed by atoms with van der Waals surface area (Å²) in [6, 6.07) is 22.0. The van der Waals surface area contributed by atoms with E-state index in [0.29, 0.717) is 48.9 Å². The second-order valence-corrected chi connectivity index (χ2v) is 9.40. The minimum absolute atomic E-state index is 0.0375. The zero-order chi connectivity index (χ0) is 24.1. The van der Waals surface area contributed by atoms with Crippen LogP contribution in [0.4, 0.5) is 0 Å². The van der Waals surface area contributed by atoms with Gasteiger partial charge >= 0.3 is 0 Å². The highest BCUT2D eigenvalue weighted by molar-refractivity contribution is 7.17. The van der Waals surface area contributed by atoms with E-state index in [9.17, 15) is 4.79 Å². The summed E-state index contributed by atoms with van der Waals surface area (Å²) in [7, 11) is 0. The molecule has 0 amide bonds. The van der Waals surface area contributed by atoms with Crippen LogP contribution in [0.15, 0.2) is 86.4 Å². The van der Waals surface area contributed by atoms with Gasteiger partial charge in [0.2, 0.25) is 11.0 Å². The molecule has 6 aromatic rings. The quantitative estimate of drug-likeness (QED) is 0.270. The molecule has 0 atom stereocenters. The van der Waals surface area contributed by atoms with E-state index in [1.54, 1.807) is 49.4 Å². The number of halogens is 1. The summed E-state index contributed by atoms with van der Waals surface area (Å²) in [6.45, 7) is 1.76. The third kappa shape index (κ3) is 3.65. The number of nitrogens with zero attached hydrogens (tertiary/aromatic N) is 2. The van der Waals surface area contributed by atoms with Crippen molar-refractivity contribution in [2.45, 2.75) is 6.92 Å². The number of fused-ring (bicyclic) bond motifs is 3. The summed E-state index contributed by atoms with van der Waals surface area (Å²) in [5.41, 5.74) is 3.31. The van der Waals surface area contributed by atoms with E-state index >= 15 is 0 Å². The van der Waals surface area contributed by atoms with Crippen LogP contribution in [-0.2, 0) is 0 Å². The van der Waals surface area contributed by atoms with E-state index in [1.165, 1.54) is 11.3 Å². The van der Waals surface area contributed by atoms with E-state index in [4.69, 9.17) is 25.8 Å². The van der Waals surface area contributed by atoms with Crippen LogP contribution in [0.2, 0.25) is 5.02 Å². The Morgan fingerprint density at radius 2 is 1.60 bits per heavy atom. The molecule has 0 saturated carbocycles. The van der Waals surface area contributed by atoms with Crippen molar-refractivity contribution >= 4 is 44.9 Å². The molecule has 1 N–H and O–H groups in total. The Kier molecular flexibility index (Phi) is 5.09. The van der Waals surface area contributed by atoms with Gasteiger partial charge in [-0.15, -0.1) is 10.2 Å². The average Bonchev–Trinajstić information content (AvgIpc) is 3.35. The topological polar surface area (TPSA) is 93.0 Å². The summed E-state index contributed by atoms with van der Waals surface area (Å²) in [5, 5.41) is 19.9. The molecule has 6 rings (SSSR count). The van der Waals surface area contributed by atoms with Gasteiger partial charge in [-0.2, -0.15) is 0 Å². The lowest BCUT2D eigenvalue weighted by atomic mass is 10.0. The monoisotopic (exact) mass is 497 g/mol. The van der Waals surface area contributed by atoms with Crippen LogP contribution in [0.5, 0.6) is 0 Å². The minimum Gasteiger partial charge on any atom is -0.460 e. The van der Waals surface area contributed by atoms with Crippen molar-refractivity contribution in [1.29, 1.82) is 5.41 Å². The van der Waals surface area contributed by atoms with Crippen molar-refractivity contribution in [2.24, 2.45) is 0 Å². The van der Waals surface area contributed by atoms with E-state index < -0.39 is 0 Å². The van der Waals surface area contributed by atoms with E-state index in [1.807, 2.05) is 30.3 Å². The first-order valence-corrected chi connectivity index (χ1v) is 11.9. The molecule has 0 spiro atoms. The summed E-state index contributed by atoms with van der Waals surface area (Å²) in [4.78, 5) is 13.5. The predicted octanol–water partition coefficient (Wildman–Crippen LogP) is 6.83. The molecule has 0 radical (unpaired) electrons. The largest absolute Gasteiger partial charge is 0.460 e. The number of rotatable bonds is 3. The van der Waals surface area contributed by atoms with Gasteiger partial charge in [0.05, 0.1) is 21.9 Å². The molecule has 0 fully saturated rings. The lowest BCUT2D eigenvalue weighted by molar-refractivity contribution is 0.533. The Labute approximate surface area is 207 Å². The summed E-state index contributed by atoms with van der Waals surface area (Å²) in [6.07, 6.45) is 0. The molecule has 0 aliphatic rings. The second-order valence-electron chi connectivity index (χ2n) is 7.99. The summed E-state index contributed by atoms with van der Waals surface area (Å²) in [5.74, 6) is 0.483. The first kappa shape index (κ1) is 21.5. The molecule has 0 bridgehead atoms. The van der Waals surface area contributed by atoms with Gasteiger partial charge in [0.1, 0.15) is 21.9 Å². The molecule has 0 aliphatic heterocycles. The fourth-order valence-electron chi connectivity index (χ4n) is 4.11. The average molecular weight is 498 g/mol. The Morgan fingerprint density at radius 3 is 2.37 bits per heavy atom. The molecule has 0 unspecified atom stereocenters. The van der Waals surface area contributed by atoms with Gasteiger partial charge in [-0.3, -0.25) is 10.2 Å². The van der Waals surface area contributed by atoms with Crippen molar-refractivity contribution < 1.29 is 8.83 Å². The molecule has 35 heavy (non-hydrogen) atoms. The number of benzene rings is 3. The fourth-order valence-corrected chi connectivity index (χ4v) is 5.10. The Balaban J connectivity index is 1.55. The van der Waals surface area contributed by atoms with Crippen molar-refractivity contribution in [3.63, 3.8) is 0 Å². The van der Waals surface area contributed by atoms with Crippen LogP contribution in [0.25, 0.3) is 54.2 Å². The van der Waals surface area contributed by atoms with E-state index in [0.717, 1.165) is 16.1 Å². The number of nitrogens with one attached hydrogen (secondary N) is 1. The Morgan fingerprint density at radius 1 is 0.857 bits per heavy atom. The summed E-state index contributed by atoms with van der Waals surface area (Å²) >= 11 is 7.39. The Bertz CT molecular complexity index is 1860. The molecule has 0 aliphatic carbocycles. The zero-order valence-corrected chi connectivity index (χ0v) is 19.9. The number of aromatic nitrogens is 2. The summed E-state index contributed by atoms with van der Waals surface area (Å²) < 4.78 is 12.0. The Hall–Kier alpha value is -4.07. The molecule has 0 saturated heterocycles. The SMILES string of the molecule is Cc1oc2c(ccc3oc(=N)c(-c4nnc(-c5ccccc5)s4)cc32)c(=O)c1-c1ccc(Cl)cc1. The molecule has 6 nitrogen and oxygen atoms in total. The van der Waals surface area contributed by atoms with E-state index in [-0.39, 0.29) is 11.0 Å². The molecular weight excluding hydrogens is 482 g/mol. The normalized spacial score (nSPS) is 11.4. The minimum atomic E-state index is -0.147. The van der Waals surface area contributed by atoms with Gasteiger partial charge in [0, 0.05) is 10.6 Å². The predicted molar refractivity (Wildman–Crippen MR) is 138 cm³/mol. The highest BCUT2D eigenvalue weighted by Gasteiger charge is 2.18. The maximum Gasteiger partial charge on any atom is 0.222 e. The van der Waals surface area contributed by atoms with Crippen LogP contribution < -0.4 is 11.0 Å². The lowest BCUT2D eigenvalue weighted by Crippen LogP contribution is -2.08. The third-order valence-electron chi connectivity index (χ3n) is 5.79. The van der Waals surface area contributed by atoms with Gasteiger partial charge < -0.3 is 8.83 Å². The van der Waals surface area contributed by atoms with Gasteiger partial charge in [0.15, 0.2) is 5.01 Å². The highest BCUT2D eigenvalue weighted by Crippen LogP contribution is 2.33. The number of hydrogen-bond acceptors (Lipinski definition) is 7. The lowest BCUT2D eigenvalue weighted by Gasteiger charge is -2.09. The smallest absolute Gasteiger partial charge is 0.222 e. The molecule has 3 heterocycles. The van der Waals surface area contributed by atoms with Gasteiger partial charge in [-0.05, 0) is 42.8 Å². The van der Waals surface area contributed by atoms with Crippen molar-refractivity contribution in [3.05, 3.63) is 99.4 Å². The van der Waals surface area contributed by atoms with Gasteiger partial charge in [-0.25, -0.2) is 0 Å². The molecule has 8 heteroatoms. The first-order chi connectivity index (χ1) is 17.0. The van der Waals surface area contributed by atoms with Gasteiger partial charge in [0.25, 0.3) is 0 Å². The third-order valence-corrected chi connectivity index (χ3v) is 7.05. The van der Waals surface area contributed by atoms with Crippen LogP contribution in [0, 0.1) is 12.3 Å². The standard InChI is InChI=1S/C27H16ClN3O3S/c1-14-22(15-7-9-17(28)10-8-15)23(32)18-11-12-21-19(24(18)33-14)13-20(25(29)34-21)27-31-30-26(35-27)16-5-3-2-4-6-16/h2-13,29H,1H3. The fraction of sp³-hybridized carbons (Fsp3) is 0.0370. The maximum absolute atomic E-state index is 13.5.